The maximum atomic E-state index is 9.91. The van der Waals surface area contributed by atoms with Crippen LogP contribution in [0, 0.1) is 5.92 Å². The molecule has 0 radical (unpaired) electrons. The standard InChI is InChI=1S/C10H26O5Si2/c1-9(2)7-17(14-3,8-10(12)6-11)15-16(4,5)13/h9-13H,6-8H2,1-5H3. The van der Waals surface area contributed by atoms with E-state index < -0.39 is 23.2 Å². The molecule has 0 fully saturated rings. The molecule has 0 aromatic carbocycles. The normalized spacial score (nSPS) is 18.2. The SMILES string of the molecule is CO[Si](CC(C)C)(CC(O)CO)O[Si](C)(C)O. The van der Waals surface area contributed by atoms with Gasteiger partial charge in [-0.05, 0) is 25.1 Å². The highest BCUT2D eigenvalue weighted by Gasteiger charge is 2.44. The maximum Gasteiger partial charge on any atom is 0.332 e. The van der Waals surface area contributed by atoms with Crippen LogP contribution in [0.15, 0.2) is 0 Å². The van der Waals surface area contributed by atoms with E-state index in [1.807, 2.05) is 13.8 Å². The van der Waals surface area contributed by atoms with Gasteiger partial charge in [0.15, 0.2) is 0 Å². The van der Waals surface area contributed by atoms with Gasteiger partial charge >= 0.3 is 17.1 Å². The summed E-state index contributed by atoms with van der Waals surface area (Å²) in [5.74, 6) is 0.351. The van der Waals surface area contributed by atoms with Crippen molar-refractivity contribution in [3.05, 3.63) is 0 Å². The van der Waals surface area contributed by atoms with E-state index >= 15 is 0 Å². The molecule has 0 amide bonds. The van der Waals surface area contributed by atoms with Crippen molar-refractivity contribution in [2.75, 3.05) is 13.7 Å². The topological polar surface area (TPSA) is 79.2 Å². The minimum Gasteiger partial charge on any atom is -0.415 e. The third-order valence-corrected chi connectivity index (χ3v) is 9.05. The highest BCUT2D eigenvalue weighted by molar-refractivity contribution is 6.79. The van der Waals surface area contributed by atoms with Crippen molar-refractivity contribution in [2.24, 2.45) is 5.92 Å². The second-order valence-corrected chi connectivity index (χ2v) is 12.1. The molecule has 0 saturated carbocycles. The molecule has 17 heavy (non-hydrogen) atoms. The monoisotopic (exact) mass is 282 g/mol. The molecule has 0 bridgehead atoms. The minimum atomic E-state index is -2.72. The zero-order chi connectivity index (χ0) is 13.7. The summed E-state index contributed by atoms with van der Waals surface area (Å²) >= 11 is 0. The Labute approximate surface area is 106 Å². The third-order valence-electron chi connectivity index (χ3n) is 2.28. The Morgan fingerprint density at radius 2 is 1.71 bits per heavy atom. The van der Waals surface area contributed by atoms with Gasteiger partial charge in [0, 0.05) is 13.2 Å². The molecule has 0 saturated heterocycles. The number of aliphatic hydroxyl groups excluding tert-OH is 2. The summed E-state index contributed by atoms with van der Waals surface area (Å²) in [7, 11) is -3.81. The fraction of sp³-hybridized carbons (Fsp3) is 1.00. The van der Waals surface area contributed by atoms with Gasteiger partial charge in [-0.25, -0.2) is 0 Å². The average Bonchev–Trinajstić information content (AvgIpc) is 2.13. The van der Waals surface area contributed by atoms with Gasteiger partial charge in [-0.15, -0.1) is 0 Å². The number of aliphatic hydroxyl groups is 2. The summed E-state index contributed by atoms with van der Waals surface area (Å²) in [5, 5.41) is 18.5. The van der Waals surface area contributed by atoms with Crippen LogP contribution in [0.5, 0.6) is 0 Å². The minimum absolute atomic E-state index is 0.287. The van der Waals surface area contributed by atoms with E-state index in [9.17, 15) is 9.90 Å². The van der Waals surface area contributed by atoms with E-state index in [1.165, 1.54) is 0 Å². The zero-order valence-corrected chi connectivity index (χ0v) is 13.4. The molecule has 0 aliphatic carbocycles. The lowest BCUT2D eigenvalue weighted by atomic mass is 10.3. The largest absolute Gasteiger partial charge is 0.415 e. The van der Waals surface area contributed by atoms with Gasteiger partial charge in [0.2, 0.25) is 0 Å². The van der Waals surface area contributed by atoms with Gasteiger partial charge in [-0.1, -0.05) is 13.8 Å². The lowest BCUT2D eigenvalue weighted by molar-refractivity contribution is 0.0985. The van der Waals surface area contributed by atoms with E-state index in [0.717, 1.165) is 0 Å². The van der Waals surface area contributed by atoms with Crippen LogP contribution < -0.4 is 0 Å². The smallest absolute Gasteiger partial charge is 0.332 e. The van der Waals surface area contributed by atoms with Crippen LogP contribution in [0.1, 0.15) is 13.8 Å². The lowest BCUT2D eigenvalue weighted by Crippen LogP contribution is -2.53. The van der Waals surface area contributed by atoms with E-state index in [4.69, 9.17) is 13.6 Å². The molecule has 104 valence electrons. The molecule has 0 aromatic heterocycles. The molecular weight excluding hydrogens is 256 g/mol. The second kappa shape index (κ2) is 6.98. The summed E-state index contributed by atoms with van der Waals surface area (Å²) in [6.07, 6.45) is -0.850. The predicted octanol–water partition coefficient (Wildman–Crippen LogP) is 0.795. The molecule has 7 heteroatoms. The quantitative estimate of drug-likeness (QED) is 0.574. The maximum absolute atomic E-state index is 9.91. The van der Waals surface area contributed by atoms with Gasteiger partial charge in [0.25, 0.3) is 0 Å². The molecule has 0 aromatic rings. The summed E-state index contributed by atoms with van der Waals surface area (Å²) in [6, 6.07) is 0.979. The van der Waals surface area contributed by atoms with Crippen LogP contribution in [0.4, 0.5) is 0 Å². The van der Waals surface area contributed by atoms with Crippen molar-refractivity contribution in [1.82, 2.24) is 0 Å². The first-order valence-corrected chi connectivity index (χ1v) is 11.0. The van der Waals surface area contributed by atoms with Crippen LogP contribution in [-0.4, -0.2) is 52.0 Å². The molecule has 0 spiro atoms. The Balaban J connectivity index is 4.86. The Bertz CT molecular complexity index is 219. The van der Waals surface area contributed by atoms with Crippen molar-refractivity contribution >= 4 is 17.1 Å². The Kier molecular flexibility index (Phi) is 7.07. The number of hydrogen-bond donors (Lipinski definition) is 3. The molecule has 3 N–H and O–H groups in total. The molecule has 0 aliphatic heterocycles. The van der Waals surface area contributed by atoms with Crippen LogP contribution in [-0.2, 0) is 8.54 Å². The molecule has 5 nitrogen and oxygen atoms in total. The zero-order valence-electron chi connectivity index (χ0n) is 11.4. The Morgan fingerprint density at radius 1 is 1.18 bits per heavy atom. The number of hydrogen-bond acceptors (Lipinski definition) is 5. The van der Waals surface area contributed by atoms with Gasteiger partial charge < -0.3 is 23.5 Å². The highest BCUT2D eigenvalue weighted by Crippen LogP contribution is 2.27. The summed E-state index contributed by atoms with van der Waals surface area (Å²) in [4.78, 5) is 9.91. The van der Waals surface area contributed by atoms with Gasteiger partial charge in [0.1, 0.15) is 0 Å². The molecule has 2 atom stereocenters. The summed E-state index contributed by atoms with van der Waals surface area (Å²) < 4.78 is 11.3. The van der Waals surface area contributed by atoms with Crippen molar-refractivity contribution in [2.45, 2.75) is 45.1 Å². The van der Waals surface area contributed by atoms with Crippen molar-refractivity contribution in [3.8, 4) is 0 Å². The van der Waals surface area contributed by atoms with Crippen LogP contribution in [0.2, 0.25) is 25.2 Å². The predicted molar refractivity (Wildman–Crippen MR) is 71.1 cm³/mol. The van der Waals surface area contributed by atoms with Crippen molar-refractivity contribution in [3.63, 3.8) is 0 Å². The van der Waals surface area contributed by atoms with E-state index in [2.05, 4.69) is 0 Å². The third kappa shape index (κ3) is 7.29. The lowest BCUT2D eigenvalue weighted by Gasteiger charge is -2.36. The second-order valence-electron chi connectivity index (χ2n) is 5.30. The van der Waals surface area contributed by atoms with Gasteiger partial charge in [0.05, 0.1) is 12.7 Å². The number of rotatable bonds is 8. The molecule has 0 aliphatic rings. The van der Waals surface area contributed by atoms with Gasteiger partial charge in [-0.3, -0.25) is 0 Å². The highest BCUT2D eigenvalue weighted by atomic mass is 28.5. The van der Waals surface area contributed by atoms with E-state index in [1.54, 1.807) is 20.2 Å². The summed E-state index contributed by atoms with van der Waals surface area (Å²) in [5.41, 5.74) is 0. The molecular formula is C10H26O5Si2. The Hall–Kier alpha value is 0.234. The van der Waals surface area contributed by atoms with Crippen molar-refractivity contribution < 1.29 is 23.5 Å². The fourth-order valence-electron chi connectivity index (χ4n) is 1.88. The Morgan fingerprint density at radius 3 is 2.00 bits per heavy atom. The van der Waals surface area contributed by atoms with E-state index in [0.29, 0.717) is 12.0 Å². The first-order chi connectivity index (χ1) is 7.64. The molecule has 2 unspecified atom stereocenters. The summed E-state index contributed by atoms with van der Waals surface area (Å²) in [6.45, 7) is 7.13. The van der Waals surface area contributed by atoms with E-state index in [-0.39, 0.29) is 12.7 Å². The van der Waals surface area contributed by atoms with Gasteiger partial charge in [-0.2, -0.15) is 0 Å². The van der Waals surface area contributed by atoms with Crippen LogP contribution >= 0.6 is 0 Å². The van der Waals surface area contributed by atoms with Crippen LogP contribution in [0.25, 0.3) is 0 Å². The van der Waals surface area contributed by atoms with Crippen molar-refractivity contribution in [1.29, 1.82) is 0 Å². The first-order valence-electron chi connectivity index (χ1n) is 5.91. The first kappa shape index (κ1) is 17.2. The molecule has 0 heterocycles. The fourth-order valence-corrected chi connectivity index (χ4v) is 9.11. The average molecular weight is 282 g/mol. The van der Waals surface area contributed by atoms with Crippen LogP contribution in [0.3, 0.4) is 0 Å². The molecule has 0 rings (SSSR count).